The first-order valence-corrected chi connectivity index (χ1v) is 5.34. The second-order valence-corrected chi connectivity index (χ2v) is 3.62. The minimum Gasteiger partial charge on any atom is -0.352 e. The SMILES string of the molecule is CCCNC(=O)c1cc(NC=O)ccc1Cl. The van der Waals surface area contributed by atoms with Crippen LogP contribution in [0.1, 0.15) is 23.7 Å². The van der Waals surface area contributed by atoms with Crippen molar-refractivity contribution < 1.29 is 9.59 Å². The molecule has 0 aliphatic rings. The molecule has 2 N–H and O–H groups in total. The van der Waals surface area contributed by atoms with E-state index in [9.17, 15) is 9.59 Å². The Hall–Kier alpha value is -1.55. The summed E-state index contributed by atoms with van der Waals surface area (Å²) in [7, 11) is 0. The molecule has 1 rings (SSSR count). The number of amides is 2. The first-order chi connectivity index (χ1) is 7.69. The fraction of sp³-hybridized carbons (Fsp3) is 0.273. The molecule has 0 saturated heterocycles. The van der Waals surface area contributed by atoms with Gasteiger partial charge in [-0.25, -0.2) is 0 Å². The number of carbonyl (C=O) groups is 2. The minimum atomic E-state index is -0.235. The number of hydrogen-bond acceptors (Lipinski definition) is 2. The molecule has 5 heteroatoms. The number of rotatable bonds is 5. The van der Waals surface area contributed by atoms with Crippen molar-refractivity contribution in [2.24, 2.45) is 0 Å². The lowest BCUT2D eigenvalue weighted by atomic mass is 10.2. The van der Waals surface area contributed by atoms with Crippen LogP contribution in [0.25, 0.3) is 0 Å². The van der Waals surface area contributed by atoms with Gasteiger partial charge in [0.05, 0.1) is 10.6 Å². The van der Waals surface area contributed by atoms with Gasteiger partial charge in [0.15, 0.2) is 0 Å². The quantitative estimate of drug-likeness (QED) is 0.774. The molecule has 0 atom stereocenters. The number of nitrogens with one attached hydrogen (secondary N) is 2. The molecule has 1 aromatic carbocycles. The molecule has 16 heavy (non-hydrogen) atoms. The van der Waals surface area contributed by atoms with Crippen LogP contribution >= 0.6 is 11.6 Å². The summed E-state index contributed by atoms with van der Waals surface area (Å²) in [5.74, 6) is -0.235. The third-order valence-electron chi connectivity index (χ3n) is 1.97. The van der Waals surface area contributed by atoms with Crippen LogP contribution in [0.2, 0.25) is 5.02 Å². The van der Waals surface area contributed by atoms with Crippen molar-refractivity contribution in [3.8, 4) is 0 Å². The predicted molar refractivity (Wildman–Crippen MR) is 63.8 cm³/mol. The molecule has 0 aliphatic heterocycles. The highest BCUT2D eigenvalue weighted by Crippen LogP contribution is 2.20. The van der Waals surface area contributed by atoms with Gasteiger partial charge in [0.2, 0.25) is 6.41 Å². The zero-order valence-corrected chi connectivity index (χ0v) is 9.67. The van der Waals surface area contributed by atoms with Crippen molar-refractivity contribution in [1.82, 2.24) is 5.32 Å². The molecule has 0 saturated carbocycles. The number of halogens is 1. The van der Waals surface area contributed by atoms with Crippen LogP contribution in [0.3, 0.4) is 0 Å². The Balaban J connectivity index is 2.88. The van der Waals surface area contributed by atoms with E-state index >= 15 is 0 Å². The van der Waals surface area contributed by atoms with Crippen LogP contribution in [0.4, 0.5) is 5.69 Å². The van der Waals surface area contributed by atoms with Crippen molar-refractivity contribution in [2.45, 2.75) is 13.3 Å². The Bertz CT molecular complexity index is 394. The Morgan fingerprint density at radius 1 is 1.50 bits per heavy atom. The van der Waals surface area contributed by atoms with E-state index in [2.05, 4.69) is 10.6 Å². The molecule has 0 aliphatic carbocycles. The van der Waals surface area contributed by atoms with E-state index in [4.69, 9.17) is 11.6 Å². The number of benzene rings is 1. The van der Waals surface area contributed by atoms with E-state index in [0.717, 1.165) is 6.42 Å². The lowest BCUT2D eigenvalue weighted by molar-refractivity contribution is -0.105. The van der Waals surface area contributed by atoms with Crippen LogP contribution in [0.15, 0.2) is 18.2 Å². The predicted octanol–water partition coefficient (Wildman–Crippen LogP) is 2.05. The topological polar surface area (TPSA) is 58.2 Å². The molecule has 86 valence electrons. The van der Waals surface area contributed by atoms with E-state index in [1.807, 2.05) is 6.92 Å². The van der Waals surface area contributed by atoms with Gasteiger partial charge >= 0.3 is 0 Å². The van der Waals surface area contributed by atoms with Gasteiger partial charge in [-0.15, -0.1) is 0 Å². The third-order valence-corrected chi connectivity index (χ3v) is 2.30. The van der Waals surface area contributed by atoms with Gasteiger partial charge < -0.3 is 10.6 Å². The molecule has 0 unspecified atom stereocenters. The van der Waals surface area contributed by atoms with Crippen molar-refractivity contribution in [3.05, 3.63) is 28.8 Å². The van der Waals surface area contributed by atoms with Gasteiger partial charge in [-0.2, -0.15) is 0 Å². The van der Waals surface area contributed by atoms with E-state index in [1.54, 1.807) is 18.2 Å². The van der Waals surface area contributed by atoms with Gasteiger partial charge in [0.1, 0.15) is 0 Å². The fourth-order valence-electron chi connectivity index (χ4n) is 1.19. The molecule has 0 fully saturated rings. The maximum absolute atomic E-state index is 11.7. The molecular weight excluding hydrogens is 228 g/mol. The summed E-state index contributed by atoms with van der Waals surface area (Å²) in [4.78, 5) is 21.9. The lowest BCUT2D eigenvalue weighted by Gasteiger charge is -2.07. The highest BCUT2D eigenvalue weighted by atomic mass is 35.5. The molecule has 2 amide bonds. The maximum atomic E-state index is 11.7. The van der Waals surface area contributed by atoms with E-state index < -0.39 is 0 Å². The Labute approximate surface area is 99.0 Å². The van der Waals surface area contributed by atoms with Gasteiger partial charge in [0.25, 0.3) is 5.91 Å². The van der Waals surface area contributed by atoms with Crippen molar-refractivity contribution in [1.29, 1.82) is 0 Å². The average Bonchev–Trinajstić information content (AvgIpc) is 2.29. The van der Waals surface area contributed by atoms with Crippen LogP contribution in [-0.4, -0.2) is 18.9 Å². The van der Waals surface area contributed by atoms with Crippen LogP contribution in [0.5, 0.6) is 0 Å². The third kappa shape index (κ3) is 3.24. The van der Waals surface area contributed by atoms with Crippen LogP contribution in [0, 0.1) is 0 Å². The van der Waals surface area contributed by atoms with Crippen LogP contribution < -0.4 is 10.6 Å². The molecule has 0 bridgehead atoms. The van der Waals surface area contributed by atoms with Crippen molar-refractivity contribution in [3.63, 3.8) is 0 Å². The molecule has 4 nitrogen and oxygen atoms in total. The monoisotopic (exact) mass is 240 g/mol. The van der Waals surface area contributed by atoms with Gasteiger partial charge in [-0.05, 0) is 24.6 Å². The average molecular weight is 241 g/mol. The fourth-order valence-corrected chi connectivity index (χ4v) is 1.39. The van der Waals surface area contributed by atoms with E-state index in [0.29, 0.717) is 29.2 Å². The maximum Gasteiger partial charge on any atom is 0.252 e. The number of carbonyl (C=O) groups excluding carboxylic acids is 2. The summed E-state index contributed by atoms with van der Waals surface area (Å²) >= 11 is 5.89. The lowest BCUT2D eigenvalue weighted by Crippen LogP contribution is -2.24. The molecule has 0 heterocycles. The second-order valence-electron chi connectivity index (χ2n) is 3.21. The summed E-state index contributed by atoms with van der Waals surface area (Å²) in [6, 6.07) is 4.75. The van der Waals surface area contributed by atoms with Crippen molar-refractivity contribution in [2.75, 3.05) is 11.9 Å². The highest BCUT2D eigenvalue weighted by Gasteiger charge is 2.10. The minimum absolute atomic E-state index is 0.235. The van der Waals surface area contributed by atoms with Gasteiger partial charge in [-0.3, -0.25) is 9.59 Å². The summed E-state index contributed by atoms with van der Waals surface area (Å²) in [5, 5.41) is 5.55. The Morgan fingerprint density at radius 2 is 2.25 bits per heavy atom. The number of hydrogen-bond donors (Lipinski definition) is 2. The zero-order valence-electron chi connectivity index (χ0n) is 8.92. The smallest absolute Gasteiger partial charge is 0.252 e. The second kappa shape index (κ2) is 6.12. The Morgan fingerprint density at radius 3 is 2.88 bits per heavy atom. The first kappa shape index (κ1) is 12.5. The molecule has 0 aromatic heterocycles. The molecular formula is C11H13ClN2O2. The summed E-state index contributed by atoms with van der Waals surface area (Å²) in [5.41, 5.74) is 0.906. The Kier molecular flexibility index (Phi) is 4.79. The van der Waals surface area contributed by atoms with E-state index in [1.165, 1.54) is 0 Å². The normalized spacial score (nSPS) is 9.62. The molecule has 1 aromatic rings. The summed E-state index contributed by atoms with van der Waals surface area (Å²) in [6.07, 6.45) is 1.41. The standard InChI is InChI=1S/C11H13ClN2O2/c1-2-5-13-11(16)9-6-8(14-7-15)3-4-10(9)12/h3-4,6-7H,2,5H2,1H3,(H,13,16)(H,14,15). The zero-order chi connectivity index (χ0) is 12.0. The van der Waals surface area contributed by atoms with Gasteiger partial charge in [0, 0.05) is 12.2 Å². The summed E-state index contributed by atoms with van der Waals surface area (Å²) in [6.45, 7) is 2.56. The van der Waals surface area contributed by atoms with Gasteiger partial charge in [-0.1, -0.05) is 18.5 Å². The van der Waals surface area contributed by atoms with E-state index in [-0.39, 0.29) is 5.91 Å². The largest absolute Gasteiger partial charge is 0.352 e. The highest BCUT2D eigenvalue weighted by molar-refractivity contribution is 6.34. The molecule has 0 spiro atoms. The number of anilines is 1. The van der Waals surface area contributed by atoms with Crippen LogP contribution in [-0.2, 0) is 4.79 Å². The molecule has 0 radical (unpaired) electrons. The van der Waals surface area contributed by atoms with Crippen molar-refractivity contribution >= 4 is 29.6 Å². The summed E-state index contributed by atoms with van der Waals surface area (Å²) < 4.78 is 0. The first-order valence-electron chi connectivity index (χ1n) is 4.97.